The van der Waals surface area contributed by atoms with E-state index in [-0.39, 0.29) is 0 Å². The minimum atomic E-state index is -1.27. The molecule has 7 nitrogen and oxygen atoms in total. The van der Waals surface area contributed by atoms with Gasteiger partial charge in [-0.1, -0.05) is 0 Å². The molecule has 2 rings (SSSR count). The number of nitrogens with two attached hydrogens (primary N) is 1. The van der Waals surface area contributed by atoms with E-state index in [1.54, 1.807) is 0 Å². The predicted octanol–water partition coefficient (Wildman–Crippen LogP) is -1.96. The molecule has 0 aliphatic carbocycles. The molecular formula is C10H14N2O5. The van der Waals surface area contributed by atoms with E-state index in [0.29, 0.717) is 5.69 Å². The molecule has 0 radical (unpaired) electrons. The molecule has 17 heavy (non-hydrogen) atoms. The van der Waals surface area contributed by atoms with E-state index >= 15 is 0 Å². The van der Waals surface area contributed by atoms with Crippen molar-refractivity contribution in [2.24, 2.45) is 0 Å². The third kappa shape index (κ3) is 2.05. The number of aliphatic hydroxyl groups is 3. The lowest BCUT2D eigenvalue weighted by atomic mass is 10.1. The SMILES string of the molecule is Nc1ccn([C@@H]2O[C@H](CO)C(O)[C@@H]2O)c(=O)c1. The highest BCUT2D eigenvalue weighted by molar-refractivity contribution is 5.34. The molecule has 0 spiro atoms. The van der Waals surface area contributed by atoms with Crippen molar-refractivity contribution in [1.82, 2.24) is 4.57 Å². The van der Waals surface area contributed by atoms with Gasteiger partial charge >= 0.3 is 0 Å². The Morgan fingerprint density at radius 2 is 2.12 bits per heavy atom. The molecule has 1 aromatic rings. The van der Waals surface area contributed by atoms with Crippen molar-refractivity contribution in [3.8, 4) is 0 Å². The summed E-state index contributed by atoms with van der Waals surface area (Å²) in [4.78, 5) is 11.6. The number of anilines is 1. The molecule has 0 bridgehead atoms. The number of hydrogen-bond donors (Lipinski definition) is 4. The van der Waals surface area contributed by atoms with Gasteiger partial charge < -0.3 is 25.8 Å². The maximum Gasteiger partial charge on any atom is 0.254 e. The number of pyridine rings is 1. The van der Waals surface area contributed by atoms with Crippen LogP contribution >= 0.6 is 0 Å². The monoisotopic (exact) mass is 242 g/mol. The Kier molecular flexibility index (Phi) is 3.16. The summed E-state index contributed by atoms with van der Waals surface area (Å²) in [6.45, 7) is -0.432. The Balaban J connectivity index is 2.32. The zero-order valence-corrected chi connectivity index (χ0v) is 8.93. The highest BCUT2D eigenvalue weighted by atomic mass is 16.6. The van der Waals surface area contributed by atoms with Crippen LogP contribution in [0.4, 0.5) is 5.69 Å². The summed E-state index contributed by atoms with van der Waals surface area (Å²) in [6.07, 6.45) is -3.05. The molecule has 1 fully saturated rings. The Bertz CT molecular complexity index is 460. The number of rotatable bonds is 2. The first kappa shape index (κ1) is 12.1. The number of aromatic nitrogens is 1. The first-order chi connectivity index (χ1) is 8.04. The van der Waals surface area contributed by atoms with Crippen molar-refractivity contribution >= 4 is 5.69 Å². The second kappa shape index (κ2) is 4.46. The standard InChI is InChI=1S/C10H14N2O5/c11-5-1-2-12(7(14)3-5)10-9(16)8(15)6(4-13)17-10/h1-3,6,8-10,13,15-16H,4,11H2/t6-,8?,9+,10-/m1/s1. The molecule has 0 amide bonds. The lowest BCUT2D eigenvalue weighted by Crippen LogP contribution is -2.35. The van der Waals surface area contributed by atoms with Crippen LogP contribution < -0.4 is 11.3 Å². The van der Waals surface area contributed by atoms with E-state index in [2.05, 4.69) is 0 Å². The number of nitrogens with zero attached hydrogens (tertiary/aromatic N) is 1. The van der Waals surface area contributed by atoms with Crippen molar-refractivity contribution in [2.45, 2.75) is 24.5 Å². The van der Waals surface area contributed by atoms with Crippen LogP contribution in [0, 0.1) is 0 Å². The van der Waals surface area contributed by atoms with Gasteiger partial charge in [-0.2, -0.15) is 0 Å². The molecule has 5 N–H and O–H groups in total. The Hall–Kier alpha value is -1.41. The summed E-state index contributed by atoms with van der Waals surface area (Å²) in [5.74, 6) is 0. The van der Waals surface area contributed by atoms with Crippen LogP contribution in [0.2, 0.25) is 0 Å². The number of nitrogen functional groups attached to an aromatic ring is 1. The summed E-state index contributed by atoms with van der Waals surface area (Å²) in [6, 6.07) is 2.67. The topological polar surface area (TPSA) is 118 Å². The first-order valence-electron chi connectivity index (χ1n) is 5.14. The molecule has 1 aliphatic heterocycles. The zero-order chi connectivity index (χ0) is 12.6. The van der Waals surface area contributed by atoms with Gasteiger partial charge in [-0.3, -0.25) is 9.36 Å². The fourth-order valence-electron chi connectivity index (χ4n) is 1.83. The van der Waals surface area contributed by atoms with Crippen molar-refractivity contribution in [3.63, 3.8) is 0 Å². The van der Waals surface area contributed by atoms with E-state index in [9.17, 15) is 15.0 Å². The molecule has 1 saturated heterocycles. The molecule has 0 aromatic carbocycles. The van der Waals surface area contributed by atoms with Crippen molar-refractivity contribution < 1.29 is 20.1 Å². The molecule has 0 saturated carbocycles. The minimum Gasteiger partial charge on any atom is -0.399 e. The molecule has 1 aromatic heterocycles. The van der Waals surface area contributed by atoms with Gasteiger partial charge in [-0.05, 0) is 6.07 Å². The van der Waals surface area contributed by atoms with Crippen molar-refractivity contribution in [3.05, 3.63) is 28.7 Å². The summed E-state index contributed by atoms with van der Waals surface area (Å²) in [5.41, 5.74) is 5.29. The average Bonchev–Trinajstić information content (AvgIpc) is 2.57. The molecule has 7 heteroatoms. The molecule has 94 valence electrons. The third-order valence-electron chi connectivity index (χ3n) is 2.76. The maximum absolute atomic E-state index is 11.6. The van der Waals surface area contributed by atoms with Gasteiger partial charge in [0, 0.05) is 18.0 Å². The quantitative estimate of drug-likeness (QED) is 0.478. The first-order valence-corrected chi connectivity index (χ1v) is 5.14. The van der Waals surface area contributed by atoms with Crippen LogP contribution in [0.3, 0.4) is 0 Å². The Morgan fingerprint density at radius 3 is 2.65 bits per heavy atom. The van der Waals surface area contributed by atoms with E-state index in [4.69, 9.17) is 15.6 Å². The minimum absolute atomic E-state index is 0.304. The molecule has 1 unspecified atom stereocenters. The van der Waals surface area contributed by atoms with Gasteiger partial charge in [0.2, 0.25) is 0 Å². The van der Waals surface area contributed by atoms with Crippen LogP contribution in [0.1, 0.15) is 6.23 Å². The van der Waals surface area contributed by atoms with Gasteiger partial charge in [0.25, 0.3) is 5.56 Å². The Labute approximate surface area is 96.7 Å². The van der Waals surface area contributed by atoms with E-state index in [1.165, 1.54) is 18.3 Å². The lowest BCUT2D eigenvalue weighted by Gasteiger charge is -2.17. The van der Waals surface area contributed by atoms with Gasteiger partial charge in [0.15, 0.2) is 6.23 Å². The lowest BCUT2D eigenvalue weighted by molar-refractivity contribution is -0.0543. The highest BCUT2D eigenvalue weighted by Gasteiger charge is 2.43. The molecular weight excluding hydrogens is 228 g/mol. The number of ether oxygens (including phenoxy) is 1. The summed E-state index contributed by atoms with van der Waals surface area (Å²) >= 11 is 0. The Morgan fingerprint density at radius 1 is 1.41 bits per heavy atom. The van der Waals surface area contributed by atoms with E-state index < -0.39 is 36.7 Å². The number of aliphatic hydroxyl groups excluding tert-OH is 3. The third-order valence-corrected chi connectivity index (χ3v) is 2.76. The molecule has 1 aliphatic rings. The van der Waals surface area contributed by atoms with Crippen LogP contribution in [0.25, 0.3) is 0 Å². The highest BCUT2D eigenvalue weighted by Crippen LogP contribution is 2.28. The van der Waals surface area contributed by atoms with Crippen LogP contribution in [0.15, 0.2) is 23.1 Å². The van der Waals surface area contributed by atoms with Gasteiger partial charge in [0.05, 0.1) is 6.61 Å². The summed E-state index contributed by atoms with van der Waals surface area (Å²) < 4.78 is 6.34. The van der Waals surface area contributed by atoms with Gasteiger partial charge in [-0.15, -0.1) is 0 Å². The fourth-order valence-corrected chi connectivity index (χ4v) is 1.83. The van der Waals surface area contributed by atoms with E-state index in [1.807, 2.05) is 0 Å². The van der Waals surface area contributed by atoms with Gasteiger partial charge in [-0.25, -0.2) is 0 Å². The number of hydrogen-bond acceptors (Lipinski definition) is 6. The van der Waals surface area contributed by atoms with Crippen LogP contribution in [0.5, 0.6) is 0 Å². The largest absolute Gasteiger partial charge is 0.399 e. The van der Waals surface area contributed by atoms with Crippen molar-refractivity contribution in [1.29, 1.82) is 0 Å². The van der Waals surface area contributed by atoms with Crippen molar-refractivity contribution in [2.75, 3.05) is 12.3 Å². The zero-order valence-electron chi connectivity index (χ0n) is 8.93. The summed E-state index contributed by atoms with van der Waals surface area (Å²) in [7, 11) is 0. The maximum atomic E-state index is 11.6. The average molecular weight is 242 g/mol. The van der Waals surface area contributed by atoms with Gasteiger partial charge in [0.1, 0.15) is 18.3 Å². The van der Waals surface area contributed by atoms with E-state index in [0.717, 1.165) is 4.57 Å². The second-order valence-electron chi connectivity index (χ2n) is 3.93. The smallest absolute Gasteiger partial charge is 0.254 e. The molecule has 4 atom stereocenters. The second-order valence-corrected chi connectivity index (χ2v) is 3.93. The fraction of sp³-hybridized carbons (Fsp3) is 0.500. The molecule has 2 heterocycles. The van der Waals surface area contributed by atoms with Crippen LogP contribution in [-0.4, -0.2) is 44.8 Å². The van der Waals surface area contributed by atoms with Crippen LogP contribution in [-0.2, 0) is 4.74 Å². The summed E-state index contributed by atoms with van der Waals surface area (Å²) in [5, 5.41) is 28.2. The normalized spacial score (nSPS) is 32.9. The predicted molar refractivity (Wildman–Crippen MR) is 58.1 cm³/mol.